The number of thioether (sulfide) groups is 1. The van der Waals surface area contributed by atoms with E-state index in [4.69, 9.17) is 0 Å². The highest BCUT2D eigenvalue weighted by molar-refractivity contribution is 7.99. The summed E-state index contributed by atoms with van der Waals surface area (Å²) >= 11 is 1.99. The summed E-state index contributed by atoms with van der Waals surface area (Å²) in [5, 5.41) is 0. The molecule has 0 bridgehead atoms. The fourth-order valence-electron chi connectivity index (χ4n) is 1.56. The van der Waals surface area contributed by atoms with Gasteiger partial charge in [0.05, 0.1) is 0 Å². The standard InChI is InChI=1S/C10H12S/c1-7-3-4-10-9(8(7)2)5-6-11-10/h3-4H,5-6H2,1-2H3. The Kier molecular flexibility index (Phi) is 1.68. The van der Waals surface area contributed by atoms with E-state index >= 15 is 0 Å². The Labute approximate surface area is 72.0 Å². The van der Waals surface area contributed by atoms with Crippen molar-refractivity contribution < 1.29 is 0 Å². The van der Waals surface area contributed by atoms with E-state index in [0.29, 0.717) is 0 Å². The molecule has 11 heavy (non-hydrogen) atoms. The lowest BCUT2D eigenvalue weighted by Gasteiger charge is -2.05. The van der Waals surface area contributed by atoms with Crippen LogP contribution in [0.25, 0.3) is 0 Å². The Balaban J connectivity index is 2.62. The molecule has 0 spiro atoms. The van der Waals surface area contributed by atoms with Crippen molar-refractivity contribution in [1.82, 2.24) is 0 Å². The second-order valence-corrected chi connectivity index (χ2v) is 4.22. The van der Waals surface area contributed by atoms with E-state index in [1.807, 2.05) is 11.8 Å². The van der Waals surface area contributed by atoms with E-state index in [1.54, 1.807) is 5.56 Å². The Morgan fingerprint density at radius 2 is 2.09 bits per heavy atom. The molecule has 0 fully saturated rings. The fourth-order valence-corrected chi connectivity index (χ4v) is 2.68. The SMILES string of the molecule is Cc1ccc2c(c1C)CCS2. The Hall–Kier alpha value is -0.430. The molecule has 1 heteroatoms. The molecule has 1 heterocycles. The number of hydrogen-bond acceptors (Lipinski definition) is 1. The maximum atomic E-state index is 2.26. The lowest BCUT2D eigenvalue weighted by molar-refractivity contribution is 1.09. The van der Waals surface area contributed by atoms with Crippen LogP contribution in [0.1, 0.15) is 16.7 Å². The van der Waals surface area contributed by atoms with Gasteiger partial charge in [0.15, 0.2) is 0 Å². The second-order valence-electron chi connectivity index (χ2n) is 3.08. The van der Waals surface area contributed by atoms with Crippen molar-refractivity contribution in [3.63, 3.8) is 0 Å². The summed E-state index contributed by atoms with van der Waals surface area (Å²) in [6, 6.07) is 4.49. The van der Waals surface area contributed by atoms with Crippen molar-refractivity contribution in [3.8, 4) is 0 Å². The van der Waals surface area contributed by atoms with Crippen LogP contribution < -0.4 is 0 Å². The highest BCUT2D eigenvalue weighted by Gasteiger charge is 2.13. The van der Waals surface area contributed by atoms with Gasteiger partial charge >= 0.3 is 0 Å². The van der Waals surface area contributed by atoms with E-state index in [-0.39, 0.29) is 0 Å². The first kappa shape index (κ1) is 7.23. The molecule has 1 aliphatic heterocycles. The summed E-state index contributed by atoms with van der Waals surface area (Å²) in [6.45, 7) is 4.43. The lowest BCUT2D eigenvalue weighted by Crippen LogP contribution is -1.89. The maximum absolute atomic E-state index is 2.26. The topological polar surface area (TPSA) is 0 Å². The van der Waals surface area contributed by atoms with Crippen molar-refractivity contribution in [3.05, 3.63) is 28.8 Å². The molecular formula is C10H12S. The predicted octanol–water partition coefficient (Wildman–Crippen LogP) is 2.95. The zero-order chi connectivity index (χ0) is 7.84. The van der Waals surface area contributed by atoms with Crippen molar-refractivity contribution in [2.75, 3.05) is 5.75 Å². The van der Waals surface area contributed by atoms with Crippen molar-refractivity contribution in [2.45, 2.75) is 25.2 Å². The summed E-state index contributed by atoms with van der Waals surface area (Å²) in [4.78, 5) is 1.51. The lowest BCUT2D eigenvalue weighted by atomic mass is 10.0. The summed E-state index contributed by atoms with van der Waals surface area (Å²) in [7, 11) is 0. The first-order chi connectivity index (χ1) is 5.29. The predicted molar refractivity (Wildman–Crippen MR) is 50.3 cm³/mol. The molecule has 0 radical (unpaired) electrons. The van der Waals surface area contributed by atoms with Gasteiger partial charge in [-0.2, -0.15) is 0 Å². The van der Waals surface area contributed by atoms with E-state index in [9.17, 15) is 0 Å². The van der Waals surface area contributed by atoms with E-state index in [2.05, 4.69) is 26.0 Å². The molecule has 0 aliphatic carbocycles. The van der Waals surface area contributed by atoms with Crippen LogP contribution >= 0.6 is 11.8 Å². The molecule has 2 rings (SSSR count). The first-order valence-electron chi connectivity index (χ1n) is 4.01. The number of aryl methyl sites for hydroxylation is 1. The molecular weight excluding hydrogens is 152 g/mol. The number of fused-ring (bicyclic) bond motifs is 1. The van der Waals surface area contributed by atoms with Crippen LogP contribution in [0.15, 0.2) is 17.0 Å². The second kappa shape index (κ2) is 2.56. The molecule has 1 aliphatic rings. The molecule has 1 aromatic rings. The number of benzene rings is 1. The van der Waals surface area contributed by atoms with E-state index < -0.39 is 0 Å². The van der Waals surface area contributed by atoms with Crippen molar-refractivity contribution in [1.29, 1.82) is 0 Å². The summed E-state index contributed by atoms with van der Waals surface area (Å²) in [5.41, 5.74) is 4.54. The number of rotatable bonds is 0. The monoisotopic (exact) mass is 164 g/mol. The zero-order valence-electron chi connectivity index (χ0n) is 6.98. The van der Waals surface area contributed by atoms with Gasteiger partial charge in [-0.1, -0.05) is 6.07 Å². The third-order valence-electron chi connectivity index (χ3n) is 2.44. The van der Waals surface area contributed by atoms with Crippen LogP contribution in [0, 0.1) is 13.8 Å². The van der Waals surface area contributed by atoms with Crippen LogP contribution in [-0.4, -0.2) is 5.75 Å². The summed E-state index contributed by atoms with van der Waals surface area (Å²) < 4.78 is 0. The zero-order valence-corrected chi connectivity index (χ0v) is 7.79. The molecule has 0 nitrogen and oxygen atoms in total. The van der Waals surface area contributed by atoms with Gasteiger partial charge < -0.3 is 0 Å². The van der Waals surface area contributed by atoms with Crippen molar-refractivity contribution in [2.24, 2.45) is 0 Å². The van der Waals surface area contributed by atoms with E-state index in [1.165, 1.54) is 28.2 Å². The minimum atomic E-state index is 1.27. The minimum absolute atomic E-state index is 1.27. The third-order valence-corrected chi connectivity index (χ3v) is 3.54. The average molecular weight is 164 g/mol. The highest BCUT2D eigenvalue weighted by Crippen LogP contribution is 2.34. The van der Waals surface area contributed by atoms with Gasteiger partial charge in [0, 0.05) is 10.6 Å². The summed E-state index contributed by atoms with van der Waals surface area (Å²) in [6.07, 6.45) is 1.27. The molecule has 0 N–H and O–H groups in total. The molecule has 0 unspecified atom stereocenters. The maximum Gasteiger partial charge on any atom is 0.0107 e. The van der Waals surface area contributed by atoms with Gasteiger partial charge in [0.1, 0.15) is 0 Å². The molecule has 58 valence electrons. The highest BCUT2D eigenvalue weighted by atomic mass is 32.2. The fraction of sp³-hybridized carbons (Fsp3) is 0.400. The van der Waals surface area contributed by atoms with Crippen LogP contribution in [0.5, 0.6) is 0 Å². The first-order valence-corrected chi connectivity index (χ1v) is 4.99. The van der Waals surface area contributed by atoms with Crippen LogP contribution in [-0.2, 0) is 6.42 Å². The normalized spacial score (nSPS) is 15.1. The van der Waals surface area contributed by atoms with Gasteiger partial charge in [-0.25, -0.2) is 0 Å². The largest absolute Gasteiger partial charge is 0.126 e. The molecule has 0 saturated carbocycles. The van der Waals surface area contributed by atoms with Crippen LogP contribution in [0.4, 0.5) is 0 Å². The van der Waals surface area contributed by atoms with Crippen LogP contribution in [0.2, 0.25) is 0 Å². The Morgan fingerprint density at radius 3 is 2.91 bits per heavy atom. The van der Waals surface area contributed by atoms with Gasteiger partial charge in [-0.05, 0) is 43.0 Å². The molecule has 1 aromatic carbocycles. The van der Waals surface area contributed by atoms with Gasteiger partial charge in [0.25, 0.3) is 0 Å². The molecule has 0 saturated heterocycles. The summed E-state index contributed by atoms with van der Waals surface area (Å²) in [5.74, 6) is 1.28. The Bertz CT molecular complexity index is 289. The quantitative estimate of drug-likeness (QED) is 0.568. The molecule has 0 aromatic heterocycles. The van der Waals surface area contributed by atoms with Gasteiger partial charge in [-0.3, -0.25) is 0 Å². The smallest absolute Gasteiger partial charge is 0.0107 e. The average Bonchev–Trinajstić information content (AvgIpc) is 2.45. The van der Waals surface area contributed by atoms with Crippen LogP contribution in [0.3, 0.4) is 0 Å². The molecule has 0 atom stereocenters. The van der Waals surface area contributed by atoms with E-state index in [0.717, 1.165) is 0 Å². The third kappa shape index (κ3) is 1.08. The Morgan fingerprint density at radius 1 is 1.27 bits per heavy atom. The van der Waals surface area contributed by atoms with Crippen molar-refractivity contribution >= 4 is 11.8 Å². The minimum Gasteiger partial charge on any atom is -0.126 e. The van der Waals surface area contributed by atoms with Gasteiger partial charge in [-0.15, -0.1) is 11.8 Å². The number of hydrogen-bond donors (Lipinski definition) is 0. The molecule has 0 amide bonds. The van der Waals surface area contributed by atoms with Gasteiger partial charge in [0.2, 0.25) is 0 Å².